The highest BCUT2D eigenvalue weighted by molar-refractivity contribution is 6.07. The van der Waals surface area contributed by atoms with Gasteiger partial charge in [-0.25, -0.2) is 4.39 Å². The molecule has 3 unspecified atom stereocenters. The van der Waals surface area contributed by atoms with E-state index in [0.29, 0.717) is 28.8 Å². The zero-order valence-corrected chi connectivity index (χ0v) is 19.0. The first-order chi connectivity index (χ1) is 17.2. The standard InChI is InChI=1S/C25H19F7N2O3/c1-12-9-17-13(5-7-16(21(17)37-12)23(36)33-19-11-18(19)26)6-8-20(35)34-22(25(30,31)32)14-3-2-4-15(10-14)24(27,28)29/h2-10,18-19,22H,11H2,1H3,(H,33,36)(H,34,35). The minimum atomic E-state index is -5.07. The van der Waals surface area contributed by atoms with Crippen molar-refractivity contribution in [2.75, 3.05) is 0 Å². The molecule has 1 fully saturated rings. The van der Waals surface area contributed by atoms with Crippen LogP contribution < -0.4 is 10.6 Å². The molecule has 0 saturated heterocycles. The van der Waals surface area contributed by atoms with E-state index >= 15 is 0 Å². The van der Waals surface area contributed by atoms with Crippen molar-refractivity contribution < 1.29 is 44.7 Å². The van der Waals surface area contributed by atoms with E-state index in [1.54, 1.807) is 18.3 Å². The zero-order chi connectivity index (χ0) is 27.1. The van der Waals surface area contributed by atoms with Crippen LogP contribution in [0.1, 0.15) is 45.3 Å². The third-order valence-electron chi connectivity index (χ3n) is 5.69. The molecule has 3 atom stereocenters. The second-order valence-corrected chi connectivity index (χ2v) is 8.57. The van der Waals surface area contributed by atoms with Crippen LogP contribution in [-0.4, -0.2) is 30.2 Å². The summed E-state index contributed by atoms with van der Waals surface area (Å²) in [5.74, 6) is -1.37. The molecule has 0 bridgehead atoms. The molecule has 1 aromatic heterocycles. The fraction of sp³-hybridized carbons (Fsp3) is 0.280. The van der Waals surface area contributed by atoms with Crippen LogP contribution in [0.4, 0.5) is 30.7 Å². The van der Waals surface area contributed by atoms with Gasteiger partial charge in [0.2, 0.25) is 5.91 Å². The normalized spacial score (nSPS) is 18.7. The Morgan fingerprint density at radius 1 is 1.08 bits per heavy atom. The molecule has 0 aliphatic heterocycles. The second kappa shape index (κ2) is 9.56. The number of aryl methyl sites for hydroxylation is 1. The Bertz CT molecular complexity index is 1370. The van der Waals surface area contributed by atoms with Crippen LogP contribution >= 0.6 is 0 Å². The van der Waals surface area contributed by atoms with E-state index in [1.807, 2.05) is 0 Å². The van der Waals surface area contributed by atoms with Crippen LogP contribution in [-0.2, 0) is 11.0 Å². The predicted molar refractivity (Wildman–Crippen MR) is 119 cm³/mol. The number of rotatable bonds is 6. The van der Waals surface area contributed by atoms with Crippen molar-refractivity contribution in [2.45, 2.75) is 44.0 Å². The van der Waals surface area contributed by atoms with Gasteiger partial charge in [-0.05, 0) is 48.4 Å². The van der Waals surface area contributed by atoms with Crippen LogP contribution in [0.2, 0.25) is 0 Å². The van der Waals surface area contributed by atoms with E-state index in [2.05, 4.69) is 5.32 Å². The molecule has 0 spiro atoms. The Hall–Kier alpha value is -3.83. The third-order valence-corrected chi connectivity index (χ3v) is 5.69. The molecule has 1 aliphatic carbocycles. The summed E-state index contributed by atoms with van der Waals surface area (Å²) in [7, 11) is 0. The summed E-state index contributed by atoms with van der Waals surface area (Å²) in [4.78, 5) is 24.8. The van der Waals surface area contributed by atoms with Gasteiger partial charge in [0.25, 0.3) is 5.91 Å². The van der Waals surface area contributed by atoms with Gasteiger partial charge in [0.05, 0.1) is 17.2 Å². The SMILES string of the molecule is Cc1cc2c(C=CC(=O)NC(c3cccc(C(F)(F)F)c3)C(F)(F)F)ccc(C(=O)NC3CC3F)c2o1. The summed E-state index contributed by atoms with van der Waals surface area (Å²) in [5, 5.41) is 4.60. The van der Waals surface area contributed by atoms with Crippen LogP contribution in [0.25, 0.3) is 17.0 Å². The molecular formula is C25H19F7N2O3. The summed E-state index contributed by atoms with van der Waals surface area (Å²) in [6, 6.07) is 3.71. The van der Waals surface area contributed by atoms with Crippen molar-refractivity contribution in [1.29, 1.82) is 0 Å². The molecule has 3 aromatic rings. The molecule has 2 aromatic carbocycles. The molecule has 196 valence electrons. The van der Waals surface area contributed by atoms with Crippen molar-refractivity contribution in [1.82, 2.24) is 10.6 Å². The Balaban J connectivity index is 1.57. The minimum absolute atomic E-state index is 0.116. The van der Waals surface area contributed by atoms with Crippen LogP contribution in [0.3, 0.4) is 0 Å². The summed E-state index contributed by atoms with van der Waals surface area (Å²) in [5.41, 5.74) is -1.47. The molecule has 2 N–H and O–H groups in total. The van der Waals surface area contributed by atoms with Crippen LogP contribution in [0.5, 0.6) is 0 Å². The third kappa shape index (κ3) is 5.95. The average molecular weight is 528 g/mol. The Labute approximate surface area is 205 Å². The smallest absolute Gasteiger partial charge is 0.416 e. The van der Waals surface area contributed by atoms with Crippen LogP contribution in [0.15, 0.2) is 53.0 Å². The van der Waals surface area contributed by atoms with Gasteiger partial charge < -0.3 is 15.1 Å². The molecule has 1 heterocycles. The summed E-state index contributed by atoms with van der Waals surface area (Å²) >= 11 is 0. The number of hydrogen-bond donors (Lipinski definition) is 2. The van der Waals surface area contributed by atoms with Crippen molar-refractivity contribution >= 4 is 28.9 Å². The molecule has 4 rings (SSSR count). The molecule has 1 aliphatic rings. The maximum Gasteiger partial charge on any atom is 0.416 e. The summed E-state index contributed by atoms with van der Waals surface area (Å²) in [6.07, 6.45) is -8.86. The number of furan rings is 1. The van der Waals surface area contributed by atoms with Crippen molar-refractivity contribution in [2.24, 2.45) is 0 Å². The number of hydrogen-bond acceptors (Lipinski definition) is 3. The van der Waals surface area contributed by atoms with Gasteiger partial charge in [-0.3, -0.25) is 9.59 Å². The second-order valence-electron chi connectivity index (χ2n) is 8.57. The highest BCUT2D eigenvalue weighted by Crippen LogP contribution is 2.36. The molecule has 5 nitrogen and oxygen atoms in total. The van der Waals surface area contributed by atoms with Crippen molar-refractivity contribution in [3.63, 3.8) is 0 Å². The molecule has 1 saturated carbocycles. The zero-order valence-electron chi connectivity index (χ0n) is 19.0. The van der Waals surface area contributed by atoms with Gasteiger partial charge in [-0.15, -0.1) is 0 Å². The van der Waals surface area contributed by atoms with Gasteiger partial charge in [-0.2, -0.15) is 26.3 Å². The lowest BCUT2D eigenvalue weighted by Crippen LogP contribution is -2.37. The summed E-state index contributed by atoms with van der Waals surface area (Å²) in [6.45, 7) is 1.60. The largest absolute Gasteiger partial charge is 0.461 e. The number of amides is 2. The molecule has 0 radical (unpaired) electrons. The number of carbonyl (C=O) groups is 2. The number of halogens is 7. The van der Waals surface area contributed by atoms with Gasteiger partial charge in [0, 0.05) is 17.9 Å². The highest BCUT2D eigenvalue weighted by Gasteiger charge is 2.43. The first-order valence-electron chi connectivity index (χ1n) is 10.9. The van der Waals surface area contributed by atoms with Gasteiger partial charge in [0.15, 0.2) is 6.04 Å². The number of carbonyl (C=O) groups excluding carboxylic acids is 2. The Morgan fingerprint density at radius 3 is 2.41 bits per heavy atom. The lowest BCUT2D eigenvalue weighted by Gasteiger charge is -2.22. The number of alkyl halides is 7. The number of nitrogens with one attached hydrogen (secondary N) is 2. The van der Waals surface area contributed by atoms with E-state index in [4.69, 9.17) is 4.42 Å². The maximum absolute atomic E-state index is 13.6. The summed E-state index contributed by atoms with van der Waals surface area (Å²) < 4.78 is 98.4. The van der Waals surface area contributed by atoms with E-state index < -0.39 is 53.5 Å². The van der Waals surface area contributed by atoms with E-state index in [0.717, 1.165) is 18.2 Å². The highest BCUT2D eigenvalue weighted by atomic mass is 19.4. The van der Waals surface area contributed by atoms with Crippen LogP contribution in [0, 0.1) is 6.92 Å². The fourth-order valence-corrected chi connectivity index (χ4v) is 3.76. The monoisotopic (exact) mass is 528 g/mol. The fourth-order valence-electron chi connectivity index (χ4n) is 3.76. The van der Waals surface area contributed by atoms with E-state index in [-0.39, 0.29) is 17.6 Å². The first-order valence-corrected chi connectivity index (χ1v) is 10.9. The number of benzene rings is 2. The lowest BCUT2D eigenvalue weighted by atomic mass is 10.0. The minimum Gasteiger partial charge on any atom is -0.461 e. The lowest BCUT2D eigenvalue weighted by molar-refractivity contribution is -0.162. The Kier molecular flexibility index (Phi) is 6.78. The predicted octanol–water partition coefficient (Wildman–Crippen LogP) is 6.03. The number of fused-ring (bicyclic) bond motifs is 1. The molecule has 2 amide bonds. The van der Waals surface area contributed by atoms with Gasteiger partial charge >= 0.3 is 12.4 Å². The molecular weight excluding hydrogens is 509 g/mol. The molecule has 37 heavy (non-hydrogen) atoms. The van der Waals surface area contributed by atoms with Gasteiger partial charge in [-0.1, -0.05) is 18.2 Å². The first kappa shape index (κ1) is 26.2. The molecule has 12 heteroatoms. The topological polar surface area (TPSA) is 71.3 Å². The quantitative estimate of drug-likeness (QED) is 0.303. The average Bonchev–Trinajstić information content (AvgIpc) is 3.34. The van der Waals surface area contributed by atoms with Gasteiger partial charge in [0.1, 0.15) is 17.5 Å². The van der Waals surface area contributed by atoms with E-state index in [1.165, 1.54) is 18.2 Å². The Morgan fingerprint density at radius 2 is 1.78 bits per heavy atom. The van der Waals surface area contributed by atoms with Crippen molar-refractivity contribution in [3.8, 4) is 0 Å². The van der Waals surface area contributed by atoms with Crippen molar-refractivity contribution in [3.05, 3.63) is 76.6 Å². The maximum atomic E-state index is 13.6. The van der Waals surface area contributed by atoms with E-state index in [9.17, 15) is 40.3 Å².